The molecule has 0 N–H and O–H groups in total. The molecule has 0 saturated heterocycles. The molecule has 1 saturated carbocycles. The van der Waals surface area contributed by atoms with Gasteiger partial charge >= 0.3 is 0 Å². The third kappa shape index (κ3) is 7.77. The van der Waals surface area contributed by atoms with Crippen molar-refractivity contribution in [3.8, 4) is 11.5 Å². The van der Waals surface area contributed by atoms with Crippen LogP contribution < -0.4 is 9.47 Å². The van der Waals surface area contributed by atoms with E-state index in [1.54, 1.807) is 24.0 Å². The SMILES string of the molecule is COc1ccc(CCN(Cc2ccc(C)o2)C(=O)CN(CCC(C)C)C(=O)C2CCCC2)cc1OC. The first-order valence-electron chi connectivity index (χ1n) is 13.1. The van der Waals surface area contributed by atoms with Crippen LogP contribution in [0.5, 0.6) is 11.5 Å². The van der Waals surface area contributed by atoms with Crippen molar-refractivity contribution in [2.24, 2.45) is 11.8 Å². The van der Waals surface area contributed by atoms with Gasteiger partial charge in [0.1, 0.15) is 11.5 Å². The predicted molar refractivity (Wildman–Crippen MR) is 140 cm³/mol. The van der Waals surface area contributed by atoms with Gasteiger partial charge in [-0.05, 0) is 68.4 Å². The zero-order valence-electron chi connectivity index (χ0n) is 22.5. The van der Waals surface area contributed by atoms with E-state index in [9.17, 15) is 9.59 Å². The number of ether oxygens (including phenoxy) is 2. The zero-order valence-corrected chi connectivity index (χ0v) is 22.5. The van der Waals surface area contributed by atoms with E-state index in [0.29, 0.717) is 43.5 Å². The molecule has 36 heavy (non-hydrogen) atoms. The summed E-state index contributed by atoms with van der Waals surface area (Å²) in [6.45, 7) is 7.78. The van der Waals surface area contributed by atoms with Gasteiger partial charge in [-0.1, -0.05) is 32.8 Å². The van der Waals surface area contributed by atoms with Crippen molar-refractivity contribution >= 4 is 11.8 Å². The molecule has 1 aliphatic carbocycles. The van der Waals surface area contributed by atoms with E-state index in [0.717, 1.165) is 49.2 Å². The zero-order chi connectivity index (χ0) is 26.1. The number of rotatable bonds is 13. The molecule has 1 aromatic heterocycles. The molecule has 0 radical (unpaired) electrons. The summed E-state index contributed by atoms with van der Waals surface area (Å²) in [4.78, 5) is 30.5. The molecule has 1 fully saturated rings. The molecule has 0 aliphatic heterocycles. The minimum absolute atomic E-state index is 0.0536. The van der Waals surface area contributed by atoms with Crippen LogP contribution in [0, 0.1) is 18.8 Å². The molecule has 198 valence electrons. The third-order valence-corrected chi connectivity index (χ3v) is 6.93. The summed E-state index contributed by atoms with van der Waals surface area (Å²) in [5.74, 6) is 3.48. The summed E-state index contributed by atoms with van der Waals surface area (Å²) in [5, 5.41) is 0. The lowest BCUT2D eigenvalue weighted by Gasteiger charge is -2.29. The van der Waals surface area contributed by atoms with E-state index in [4.69, 9.17) is 13.9 Å². The highest BCUT2D eigenvalue weighted by molar-refractivity contribution is 5.86. The number of hydrogen-bond donors (Lipinski definition) is 0. The van der Waals surface area contributed by atoms with Gasteiger partial charge in [0.25, 0.3) is 0 Å². The van der Waals surface area contributed by atoms with Crippen LogP contribution in [0.15, 0.2) is 34.7 Å². The minimum atomic E-state index is -0.0559. The van der Waals surface area contributed by atoms with E-state index in [1.807, 2.05) is 37.3 Å². The second-order valence-corrected chi connectivity index (χ2v) is 10.2. The summed E-state index contributed by atoms with van der Waals surface area (Å²) in [6, 6.07) is 9.62. The Morgan fingerprint density at radius 2 is 1.72 bits per heavy atom. The average Bonchev–Trinajstić information content (AvgIpc) is 3.55. The van der Waals surface area contributed by atoms with Crippen LogP contribution in [0.2, 0.25) is 0 Å². The first-order chi connectivity index (χ1) is 17.3. The molecular formula is C29H42N2O5. The number of hydrogen-bond acceptors (Lipinski definition) is 5. The molecule has 0 unspecified atom stereocenters. The van der Waals surface area contributed by atoms with Gasteiger partial charge in [-0.3, -0.25) is 9.59 Å². The van der Waals surface area contributed by atoms with E-state index >= 15 is 0 Å². The van der Waals surface area contributed by atoms with Crippen molar-refractivity contribution in [2.45, 2.75) is 65.8 Å². The average molecular weight is 499 g/mol. The molecular weight excluding hydrogens is 456 g/mol. The molecule has 0 bridgehead atoms. The highest BCUT2D eigenvalue weighted by Gasteiger charge is 2.29. The van der Waals surface area contributed by atoms with Gasteiger partial charge in [-0.15, -0.1) is 0 Å². The van der Waals surface area contributed by atoms with E-state index in [1.165, 1.54) is 0 Å². The predicted octanol–water partition coefficient (Wildman–Crippen LogP) is 5.24. The van der Waals surface area contributed by atoms with Gasteiger partial charge in [0, 0.05) is 19.0 Å². The maximum absolute atomic E-state index is 13.6. The highest BCUT2D eigenvalue weighted by atomic mass is 16.5. The van der Waals surface area contributed by atoms with Crippen LogP contribution in [-0.2, 0) is 22.6 Å². The fourth-order valence-corrected chi connectivity index (χ4v) is 4.73. The molecule has 3 rings (SSSR count). The largest absolute Gasteiger partial charge is 0.493 e. The number of amides is 2. The van der Waals surface area contributed by atoms with Crippen LogP contribution in [0.3, 0.4) is 0 Å². The fourth-order valence-electron chi connectivity index (χ4n) is 4.73. The van der Waals surface area contributed by atoms with Gasteiger partial charge < -0.3 is 23.7 Å². The van der Waals surface area contributed by atoms with Crippen LogP contribution in [-0.4, -0.2) is 55.5 Å². The Kier molecular flexibility index (Phi) is 10.3. The topological polar surface area (TPSA) is 72.2 Å². The van der Waals surface area contributed by atoms with E-state index in [2.05, 4.69) is 13.8 Å². The maximum Gasteiger partial charge on any atom is 0.242 e. The Morgan fingerprint density at radius 1 is 1.00 bits per heavy atom. The number of carbonyl (C=O) groups is 2. The molecule has 7 nitrogen and oxygen atoms in total. The Labute approximate surface area is 215 Å². The Bertz CT molecular complexity index is 993. The Balaban J connectivity index is 1.75. The Morgan fingerprint density at radius 3 is 2.33 bits per heavy atom. The lowest BCUT2D eigenvalue weighted by Crippen LogP contribution is -2.45. The van der Waals surface area contributed by atoms with Gasteiger partial charge in [0.05, 0.1) is 27.3 Å². The van der Waals surface area contributed by atoms with Crippen molar-refractivity contribution in [3.05, 3.63) is 47.4 Å². The molecule has 2 amide bonds. The normalized spacial score (nSPS) is 13.7. The molecule has 1 heterocycles. The number of aryl methyl sites for hydroxylation is 1. The number of carbonyl (C=O) groups excluding carboxylic acids is 2. The lowest BCUT2D eigenvalue weighted by molar-refractivity contribution is -0.143. The van der Waals surface area contributed by atoms with Crippen LogP contribution in [0.1, 0.15) is 63.0 Å². The second-order valence-electron chi connectivity index (χ2n) is 10.2. The van der Waals surface area contributed by atoms with Crippen molar-refractivity contribution in [1.29, 1.82) is 0 Å². The van der Waals surface area contributed by atoms with E-state index in [-0.39, 0.29) is 24.3 Å². The molecule has 1 aromatic carbocycles. The number of furan rings is 1. The monoisotopic (exact) mass is 498 g/mol. The molecule has 2 aromatic rings. The molecule has 7 heteroatoms. The second kappa shape index (κ2) is 13.4. The van der Waals surface area contributed by atoms with Crippen LogP contribution >= 0.6 is 0 Å². The van der Waals surface area contributed by atoms with Crippen molar-refractivity contribution < 1.29 is 23.5 Å². The number of benzene rings is 1. The van der Waals surface area contributed by atoms with Crippen molar-refractivity contribution in [1.82, 2.24) is 9.80 Å². The smallest absolute Gasteiger partial charge is 0.242 e. The highest BCUT2D eigenvalue weighted by Crippen LogP contribution is 2.28. The summed E-state index contributed by atoms with van der Waals surface area (Å²) in [5.41, 5.74) is 1.04. The third-order valence-electron chi connectivity index (χ3n) is 6.93. The summed E-state index contributed by atoms with van der Waals surface area (Å²) in [6.07, 6.45) is 5.58. The van der Waals surface area contributed by atoms with Gasteiger partial charge in [-0.25, -0.2) is 0 Å². The Hall–Kier alpha value is -2.96. The quantitative estimate of drug-likeness (QED) is 0.378. The number of nitrogens with zero attached hydrogens (tertiary/aromatic N) is 2. The lowest BCUT2D eigenvalue weighted by atomic mass is 10.1. The summed E-state index contributed by atoms with van der Waals surface area (Å²) >= 11 is 0. The van der Waals surface area contributed by atoms with Crippen molar-refractivity contribution in [3.63, 3.8) is 0 Å². The first kappa shape index (κ1) is 27.6. The molecule has 0 atom stereocenters. The van der Waals surface area contributed by atoms with E-state index < -0.39 is 0 Å². The van der Waals surface area contributed by atoms with Crippen molar-refractivity contribution in [2.75, 3.05) is 33.9 Å². The standard InChI is InChI=1S/C29H42N2O5/c1-21(2)14-16-31(29(33)24-8-6-7-9-24)20-28(32)30(19-25-12-10-22(3)36-25)17-15-23-11-13-26(34-4)27(18-23)35-5/h10-13,18,21,24H,6-9,14-17,19-20H2,1-5H3. The first-order valence-corrected chi connectivity index (χ1v) is 13.1. The van der Waals surface area contributed by atoms with Gasteiger partial charge in [-0.2, -0.15) is 0 Å². The maximum atomic E-state index is 13.6. The molecule has 0 spiro atoms. The van der Waals surface area contributed by atoms with Gasteiger partial charge in [0.2, 0.25) is 11.8 Å². The number of methoxy groups -OCH3 is 2. The van der Waals surface area contributed by atoms with Crippen LogP contribution in [0.4, 0.5) is 0 Å². The molecule has 1 aliphatic rings. The van der Waals surface area contributed by atoms with Crippen LogP contribution in [0.25, 0.3) is 0 Å². The minimum Gasteiger partial charge on any atom is -0.493 e. The fraction of sp³-hybridized carbons (Fsp3) is 0.586. The summed E-state index contributed by atoms with van der Waals surface area (Å²) < 4.78 is 16.6. The van der Waals surface area contributed by atoms with Gasteiger partial charge in [0.15, 0.2) is 11.5 Å². The summed E-state index contributed by atoms with van der Waals surface area (Å²) in [7, 11) is 3.23.